The molecule has 2 aromatic carbocycles. The number of halogens is 1. The van der Waals surface area contributed by atoms with Crippen LogP contribution in [-0.4, -0.2) is 18.4 Å². The molecule has 0 bridgehead atoms. The molecule has 0 radical (unpaired) electrons. The number of ether oxygens (including phenoxy) is 1. The van der Waals surface area contributed by atoms with Gasteiger partial charge in [-0.3, -0.25) is 9.59 Å². The second kappa shape index (κ2) is 7.09. The molecule has 0 aliphatic heterocycles. The van der Waals surface area contributed by atoms with Crippen LogP contribution in [0.25, 0.3) is 0 Å². The van der Waals surface area contributed by atoms with Gasteiger partial charge in [0.2, 0.25) is 5.91 Å². The van der Waals surface area contributed by atoms with E-state index in [9.17, 15) is 9.59 Å². The Kier molecular flexibility index (Phi) is 5.16. The molecule has 6 heteroatoms. The molecular formula is C16H15BrN2O3. The average Bonchev–Trinajstić information content (AvgIpc) is 2.49. The summed E-state index contributed by atoms with van der Waals surface area (Å²) in [6.45, 7) is 1.81. The fraction of sp³-hybridized carbons (Fsp3) is 0.125. The molecule has 0 aromatic heterocycles. The second-order valence-corrected chi connectivity index (χ2v) is 5.55. The lowest BCUT2D eigenvalue weighted by Crippen LogP contribution is -2.20. The molecule has 0 saturated heterocycles. The second-order valence-electron chi connectivity index (χ2n) is 4.69. The summed E-state index contributed by atoms with van der Waals surface area (Å²) < 4.78 is 6.41. The maximum Gasteiger partial charge on any atom is 0.262 e. The number of rotatable bonds is 5. The maximum atomic E-state index is 11.9. The molecule has 2 rings (SSSR count). The summed E-state index contributed by atoms with van der Waals surface area (Å²) in [7, 11) is 0. The predicted molar refractivity (Wildman–Crippen MR) is 88.0 cm³/mol. The van der Waals surface area contributed by atoms with Gasteiger partial charge >= 0.3 is 0 Å². The van der Waals surface area contributed by atoms with E-state index in [1.54, 1.807) is 24.3 Å². The molecular weight excluding hydrogens is 348 g/mol. The zero-order valence-corrected chi connectivity index (χ0v) is 13.5. The van der Waals surface area contributed by atoms with E-state index < -0.39 is 5.91 Å². The Morgan fingerprint density at radius 2 is 2.00 bits per heavy atom. The molecule has 5 nitrogen and oxygen atoms in total. The monoisotopic (exact) mass is 362 g/mol. The van der Waals surface area contributed by atoms with Gasteiger partial charge in [-0.2, -0.15) is 0 Å². The van der Waals surface area contributed by atoms with Crippen molar-refractivity contribution >= 4 is 33.4 Å². The number of primary amides is 1. The summed E-state index contributed by atoms with van der Waals surface area (Å²) >= 11 is 3.40. The van der Waals surface area contributed by atoms with Crippen LogP contribution in [0.2, 0.25) is 0 Å². The summed E-state index contributed by atoms with van der Waals surface area (Å²) in [5.74, 6) is -0.249. The minimum Gasteiger partial charge on any atom is -0.484 e. The Bertz CT molecular complexity index is 716. The molecule has 0 atom stereocenters. The van der Waals surface area contributed by atoms with E-state index in [1.165, 1.54) is 6.07 Å². The topological polar surface area (TPSA) is 81.4 Å². The molecule has 0 heterocycles. The van der Waals surface area contributed by atoms with E-state index >= 15 is 0 Å². The molecule has 0 aliphatic rings. The molecule has 2 amide bonds. The van der Waals surface area contributed by atoms with Crippen molar-refractivity contribution in [3.8, 4) is 5.75 Å². The van der Waals surface area contributed by atoms with Gasteiger partial charge in [-0.1, -0.05) is 22.0 Å². The minimum absolute atomic E-state index is 0.123. The van der Waals surface area contributed by atoms with Gasteiger partial charge < -0.3 is 15.8 Å². The molecule has 0 spiro atoms. The van der Waals surface area contributed by atoms with Crippen LogP contribution in [-0.2, 0) is 4.79 Å². The third-order valence-corrected chi connectivity index (χ3v) is 3.82. The summed E-state index contributed by atoms with van der Waals surface area (Å²) in [4.78, 5) is 22.9. The van der Waals surface area contributed by atoms with E-state index in [0.29, 0.717) is 17.0 Å². The lowest BCUT2D eigenvalue weighted by Gasteiger charge is -2.09. The fourth-order valence-corrected chi connectivity index (χ4v) is 2.05. The number of aryl methyl sites for hydroxylation is 1. The number of amides is 2. The van der Waals surface area contributed by atoms with Crippen molar-refractivity contribution in [1.82, 2.24) is 0 Å². The van der Waals surface area contributed by atoms with Gasteiger partial charge in [-0.05, 0) is 48.9 Å². The van der Waals surface area contributed by atoms with Crippen LogP contribution in [0.5, 0.6) is 5.75 Å². The van der Waals surface area contributed by atoms with E-state index in [0.717, 1.165) is 10.0 Å². The number of nitrogens with one attached hydrogen (secondary N) is 1. The number of hydrogen-bond acceptors (Lipinski definition) is 3. The van der Waals surface area contributed by atoms with Crippen molar-refractivity contribution in [2.75, 3.05) is 11.9 Å². The molecule has 22 heavy (non-hydrogen) atoms. The standard InChI is InChI=1S/C16H15BrN2O3/c1-10-7-13(5-6-14(10)17)22-9-15(20)19-12-4-2-3-11(8-12)16(18)21/h2-8H,9H2,1H3,(H2,18,21)(H,19,20). The highest BCUT2D eigenvalue weighted by atomic mass is 79.9. The van der Waals surface area contributed by atoms with Crippen LogP contribution < -0.4 is 15.8 Å². The number of carbonyl (C=O) groups is 2. The fourth-order valence-electron chi connectivity index (χ4n) is 1.80. The van der Waals surface area contributed by atoms with Gasteiger partial charge in [0.15, 0.2) is 6.61 Å². The number of nitrogens with two attached hydrogens (primary N) is 1. The zero-order chi connectivity index (χ0) is 16.1. The van der Waals surface area contributed by atoms with Crippen molar-refractivity contribution < 1.29 is 14.3 Å². The Morgan fingerprint density at radius 1 is 1.23 bits per heavy atom. The largest absolute Gasteiger partial charge is 0.484 e. The van der Waals surface area contributed by atoms with Gasteiger partial charge in [0.1, 0.15) is 5.75 Å². The first-order valence-electron chi connectivity index (χ1n) is 6.54. The number of hydrogen-bond donors (Lipinski definition) is 2. The molecule has 0 saturated carbocycles. The van der Waals surface area contributed by atoms with Crippen LogP contribution in [0.1, 0.15) is 15.9 Å². The smallest absolute Gasteiger partial charge is 0.262 e. The SMILES string of the molecule is Cc1cc(OCC(=O)Nc2cccc(C(N)=O)c2)ccc1Br. The van der Waals surface area contributed by atoms with Crippen LogP contribution in [0, 0.1) is 6.92 Å². The third kappa shape index (κ3) is 4.33. The lowest BCUT2D eigenvalue weighted by molar-refractivity contribution is -0.118. The van der Waals surface area contributed by atoms with Crippen molar-refractivity contribution in [3.05, 3.63) is 58.1 Å². The van der Waals surface area contributed by atoms with Crippen LogP contribution in [0.15, 0.2) is 46.9 Å². The normalized spacial score (nSPS) is 10.1. The minimum atomic E-state index is -0.544. The summed E-state index contributed by atoms with van der Waals surface area (Å²) in [6.07, 6.45) is 0. The van der Waals surface area contributed by atoms with Crippen molar-refractivity contribution in [2.45, 2.75) is 6.92 Å². The molecule has 0 fully saturated rings. The highest BCUT2D eigenvalue weighted by Crippen LogP contribution is 2.21. The Balaban J connectivity index is 1.94. The highest BCUT2D eigenvalue weighted by molar-refractivity contribution is 9.10. The van der Waals surface area contributed by atoms with Gasteiger partial charge in [-0.15, -0.1) is 0 Å². The first-order chi connectivity index (χ1) is 10.5. The molecule has 114 valence electrons. The third-order valence-electron chi connectivity index (χ3n) is 2.93. The molecule has 0 unspecified atom stereocenters. The summed E-state index contributed by atoms with van der Waals surface area (Å²) in [6, 6.07) is 11.9. The van der Waals surface area contributed by atoms with Gasteiger partial charge in [-0.25, -0.2) is 0 Å². The lowest BCUT2D eigenvalue weighted by atomic mass is 10.2. The Morgan fingerprint density at radius 3 is 2.68 bits per heavy atom. The first kappa shape index (κ1) is 16.0. The molecule has 2 aromatic rings. The van der Waals surface area contributed by atoms with Crippen LogP contribution in [0.3, 0.4) is 0 Å². The average molecular weight is 363 g/mol. The zero-order valence-electron chi connectivity index (χ0n) is 11.9. The van der Waals surface area contributed by atoms with E-state index in [1.807, 2.05) is 19.1 Å². The highest BCUT2D eigenvalue weighted by Gasteiger charge is 2.07. The van der Waals surface area contributed by atoms with E-state index in [2.05, 4.69) is 21.2 Å². The maximum absolute atomic E-state index is 11.9. The Hall–Kier alpha value is -2.34. The number of benzene rings is 2. The predicted octanol–water partition coefficient (Wildman–Crippen LogP) is 2.87. The van der Waals surface area contributed by atoms with Crippen molar-refractivity contribution in [3.63, 3.8) is 0 Å². The first-order valence-corrected chi connectivity index (χ1v) is 7.33. The summed E-state index contributed by atoms with van der Waals surface area (Å²) in [5, 5.41) is 2.65. The van der Waals surface area contributed by atoms with Crippen molar-refractivity contribution in [1.29, 1.82) is 0 Å². The quantitative estimate of drug-likeness (QED) is 0.857. The van der Waals surface area contributed by atoms with Crippen molar-refractivity contribution in [2.24, 2.45) is 5.73 Å². The van der Waals surface area contributed by atoms with Gasteiger partial charge in [0, 0.05) is 15.7 Å². The molecule has 3 N–H and O–H groups in total. The van der Waals surface area contributed by atoms with Crippen LogP contribution >= 0.6 is 15.9 Å². The van der Waals surface area contributed by atoms with Gasteiger partial charge in [0.25, 0.3) is 5.91 Å². The Labute approximate surface area is 136 Å². The summed E-state index contributed by atoms with van der Waals surface area (Å²) in [5.41, 5.74) is 7.05. The van der Waals surface area contributed by atoms with E-state index in [4.69, 9.17) is 10.5 Å². The molecule has 0 aliphatic carbocycles. The number of anilines is 1. The van der Waals surface area contributed by atoms with Gasteiger partial charge in [0.05, 0.1) is 0 Å². The van der Waals surface area contributed by atoms with Crippen LogP contribution in [0.4, 0.5) is 5.69 Å². The number of carbonyl (C=O) groups excluding carboxylic acids is 2. The van der Waals surface area contributed by atoms with E-state index in [-0.39, 0.29) is 12.5 Å².